The minimum Gasteiger partial charge on any atom is -0.506 e. The van der Waals surface area contributed by atoms with Gasteiger partial charge in [-0.1, -0.05) is 0 Å². The van der Waals surface area contributed by atoms with Crippen LogP contribution in [0.3, 0.4) is 0 Å². The van der Waals surface area contributed by atoms with Crippen LogP contribution in [0.5, 0.6) is 17.2 Å². The van der Waals surface area contributed by atoms with E-state index in [2.05, 4.69) is 56.0 Å². The number of halogens is 4. The lowest BCUT2D eigenvalue weighted by Gasteiger charge is -2.23. The van der Waals surface area contributed by atoms with E-state index in [0.717, 1.165) is 0 Å². The molecule has 5 N–H and O–H groups in total. The van der Waals surface area contributed by atoms with E-state index in [-0.39, 0.29) is 31.4 Å². The van der Waals surface area contributed by atoms with Gasteiger partial charge in [-0.25, -0.2) is 15.6 Å². The van der Waals surface area contributed by atoms with Crippen LogP contribution in [-0.4, -0.2) is 62.2 Å². The highest BCUT2D eigenvalue weighted by molar-refractivity contribution is 14.1. The van der Waals surface area contributed by atoms with E-state index in [9.17, 15) is 34.2 Å². The number of imide groups is 1. The lowest BCUT2D eigenvalue weighted by molar-refractivity contribution is -0.199. The van der Waals surface area contributed by atoms with Crippen LogP contribution in [0.4, 0.5) is 0 Å². The molecule has 3 rings (SSSR count). The minimum absolute atomic E-state index is 0.0343. The molecular formula is C24H21I4N3O10. The Hall–Kier alpha value is -1.57. The zero-order valence-electron chi connectivity index (χ0n) is 20.7. The topological polar surface area (TPSA) is 192 Å². The monoisotopic (exact) mass is 1020 g/mol. The first-order valence-electron chi connectivity index (χ1n) is 11.6. The number of hydroxylamine groups is 2. The van der Waals surface area contributed by atoms with Crippen molar-refractivity contribution in [2.24, 2.45) is 0 Å². The first-order valence-corrected chi connectivity index (χ1v) is 15.9. The van der Waals surface area contributed by atoms with Crippen molar-refractivity contribution in [3.63, 3.8) is 0 Å². The number of aliphatic carboxylic acids is 2. The van der Waals surface area contributed by atoms with Gasteiger partial charge in [-0.15, -0.1) is 5.06 Å². The van der Waals surface area contributed by atoms with E-state index in [1.807, 2.05) is 45.2 Å². The smallest absolute Gasteiger partial charge is 0.351 e. The zero-order valence-corrected chi connectivity index (χ0v) is 29.3. The quantitative estimate of drug-likeness (QED) is 0.112. The van der Waals surface area contributed by atoms with Gasteiger partial charge in [0.25, 0.3) is 11.8 Å². The molecule has 13 nitrogen and oxygen atoms in total. The van der Waals surface area contributed by atoms with Crippen molar-refractivity contribution >= 4 is 120 Å². The minimum atomic E-state index is -1.37. The molecule has 0 saturated carbocycles. The number of phenolic OH excluding ortho intramolecular Hbond substituents is 1. The van der Waals surface area contributed by atoms with Gasteiger partial charge < -0.3 is 24.9 Å². The summed E-state index contributed by atoms with van der Waals surface area (Å²) in [6, 6.07) is 4.23. The van der Waals surface area contributed by atoms with E-state index >= 15 is 0 Å². The summed E-state index contributed by atoms with van der Waals surface area (Å²) in [5.41, 5.74) is 5.66. The highest BCUT2D eigenvalue weighted by Gasteiger charge is 2.35. The Balaban J connectivity index is 1.72. The van der Waals surface area contributed by atoms with Gasteiger partial charge >= 0.3 is 17.9 Å². The number of hydrogen-bond acceptors (Lipinski definition) is 10. The second kappa shape index (κ2) is 15.2. The Morgan fingerprint density at radius 1 is 0.878 bits per heavy atom. The predicted molar refractivity (Wildman–Crippen MR) is 175 cm³/mol. The van der Waals surface area contributed by atoms with Gasteiger partial charge in [0.2, 0.25) is 0 Å². The molecule has 2 atom stereocenters. The van der Waals surface area contributed by atoms with Crippen molar-refractivity contribution < 1.29 is 48.9 Å². The summed E-state index contributed by atoms with van der Waals surface area (Å²) in [6.45, 7) is 0. The largest absolute Gasteiger partial charge is 0.506 e. The molecule has 0 aromatic heterocycles. The van der Waals surface area contributed by atoms with Crippen LogP contribution in [0.1, 0.15) is 31.2 Å². The average Bonchev–Trinajstić information content (AvgIpc) is 3.20. The van der Waals surface area contributed by atoms with Gasteiger partial charge in [0.1, 0.15) is 23.6 Å². The summed E-state index contributed by atoms with van der Waals surface area (Å²) in [4.78, 5) is 64.2. The van der Waals surface area contributed by atoms with Crippen LogP contribution < -0.4 is 15.6 Å². The number of ether oxygens (including phenoxy) is 1. The van der Waals surface area contributed by atoms with Gasteiger partial charge in [-0.3, -0.25) is 19.2 Å². The third kappa shape index (κ3) is 9.46. The number of hydrazine groups is 1. The van der Waals surface area contributed by atoms with Crippen LogP contribution in [0.2, 0.25) is 0 Å². The molecule has 2 amide bonds. The number of rotatable bonds is 13. The maximum absolute atomic E-state index is 12.6. The number of carboxylic acid groups (broad SMARTS) is 2. The van der Waals surface area contributed by atoms with Crippen LogP contribution in [0, 0.1) is 14.3 Å². The Morgan fingerprint density at radius 2 is 1.41 bits per heavy atom. The maximum atomic E-state index is 12.6. The van der Waals surface area contributed by atoms with Crippen molar-refractivity contribution in [1.82, 2.24) is 15.9 Å². The molecule has 220 valence electrons. The Labute approximate surface area is 287 Å². The van der Waals surface area contributed by atoms with E-state index in [4.69, 9.17) is 14.7 Å². The molecule has 0 aliphatic carbocycles. The second-order valence-corrected chi connectivity index (χ2v) is 13.2. The van der Waals surface area contributed by atoms with Crippen LogP contribution in [-0.2, 0) is 35.2 Å². The standard InChI is InChI=1S/C24H21I4N3O10/c25-12-8-11(9-13(26)21(12)36)40-22-14(27)5-10(6-15(22)28)7-17(23(37)38)30-29-16(1-4-20(34)35)24(39)41-31-18(32)2-3-19(31)33/h5-6,8-9,16-17,29-30,36H,1-4,7H2,(H,34,35)(H,37,38)/t16?,17-/m0/s1. The van der Waals surface area contributed by atoms with E-state index in [1.165, 1.54) is 0 Å². The SMILES string of the molecule is O=C(O)CCC(NN[C@@H](Cc1cc(I)c(Oc2cc(I)c(O)c(I)c2)c(I)c1)C(=O)O)C(=O)ON1C(=O)CCC1=O. The highest BCUT2D eigenvalue weighted by Crippen LogP contribution is 2.37. The Morgan fingerprint density at radius 3 is 1.93 bits per heavy atom. The molecule has 2 aromatic carbocycles. The third-order valence-electron chi connectivity index (χ3n) is 5.56. The van der Waals surface area contributed by atoms with Gasteiger partial charge in [0.15, 0.2) is 5.75 Å². The van der Waals surface area contributed by atoms with Crippen LogP contribution in [0.25, 0.3) is 0 Å². The average molecular weight is 1020 g/mol. The fourth-order valence-electron chi connectivity index (χ4n) is 3.51. The first kappa shape index (κ1) is 33.9. The first-order chi connectivity index (χ1) is 19.3. The number of carbonyl (C=O) groups is 5. The second-order valence-electron chi connectivity index (χ2n) is 8.59. The lowest BCUT2D eigenvalue weighted by Crippen LogP contribution is -2.54. The number of benzene rings is 2. The fourth-order valence-corrected chi connectivity index (χ4v) is 7.34. The summed E-state index contributed by atoms with van der Waals surface area (Å²) in [5, 5.41) is 29.2. The number of carboxylic acids is 2. The van der Waals surface area contributed by atoms with Gasteiger partial charge in [-0.2, -0.15) is 0 Å². The summed E-state index contributed by atoms with van der Waals surface area (Å²) in [6.07, 6.45) is -1.04. The number of hydrogen-bond donors (Lipinski definition) is 5. The number of nitrogens with one attached hydrogen (secondary N) is 2. The molecule has 41 heavy (non-hydrogen) atoms. The maximum Gasteiger partial charge on any atom is 0.351 e. The number of amides is 2. The molecule has 0 bridgehead atoms. The van der Waals surface area contributed by atoms with E-state index in [1.54, 1.807) is 24.3 Å². The summed E-state index contributed by atoms with van der Waals surface area (Å²) < 4.78 is 8.69. The van der Waals surface area contributed by atoms with E-state index in [0.29, 0.717) is 36.4 Å². The molecule has 1 aliphatic rings. The molecular weight excluding hydrogens is 998 g/mol. The van der Waals surface area contributed by atoms with Crippen molar-refractivity contribution in [3.8, 4) is 17.2 Å². The molecule has 1 unspecified atom stereocenters. The van der Waals surface area contributed by atoms with Gasteiger partial charge in [0.05, 0.1) is 14.3 Å². The molecule has 1 aliphatic heterocycles. The summed E-state index contributed by atoms with van der Waals surface area (Å²) >= 11 is 8.14. The molecule has 17 heteroatoms. The zero-order chi connectivity index (χ0) is 30.4. The van der Waals surface area contributed by atoms with Crippen molar-refractivity contribution in [2.75, 3.05) is 0 Å². The predicted octanol–water partition coefficient (Wildman–Crippen LogP) is 3.53. The normalized spacial score (nSPS) is 14.6. The van der Waals surface area contributed by atoms with Crippen molar-refractivity contribution in [1.29, 1.82) is 0 Å². The van der Waals surface area contributed by atoms with Crippen LogP contribution in [0.15, 0.2) is 24.3 Å². The summed E-state index contributed by atoms with van der Waals surface area (Å²) in [5.74, 6) is -3.77. The summed E-state index contributed by atoms with van der Waals surface area (Å²) in [7, 11) is 0. The van der Waals surface area contributed by atoms with Gasteiger partial charge in [-0.05, 0) is 133 Å². The Bertz CT molecular complexity index is 1330. The molecule has 1 heterocycles. The van der Waals surface area contributed by atoms with Crippen molar-refractivity contribution in [3.05, 3.63) is 44.1 Å². The third-order valence-corrected chi connectivity index (χ3v) is 8.80. The molecule has 1 fully saturated rings. The lowest BCUT2D eigenvalue weighted by atomic mass is 10.1. The highest BCUT2D eigenvalue weighted by atomic mass is 127. The van der Waals surface area contributed by atoms with E-state index < -0.39 is 48.2 Å². The number of aromatic hydroxyl groups is 1. The Kier molecular flexibility index (Phi) is 12.6. The molecule has 1 saturated heterocycles. The van der Waals surface area contributed by atoms with Gasteiger partial charge in [0, 0.05) is 19.3 Å². The molecule has 0 radical (unpaired) electrons. The molecule has 0 spiro atoms. The fraction of sp³-hybridized carbons (Fsp3) is 0.292. The van der Waals surface area contributed by atoms with Crippen LogP contribution >= 0.6 is 90.4 Å². The van der Waals surface area contributed by atoms with Crippen molar-refractivity contribution in [2.45, 2.75) is 44.2 Å². The molecule has 2 aromatic rings. The number of carbonyl (C=O) groups excluding carboxylic acids is 3. The number of phenols is 1. The number of nitrogens with zero attached hydrogens (tertiary/aromatic N) is 1.